The minimum Gasteiger partial charge on any atom is -0.469 e. The normalized spacial score (nSPS) is 11.8. The number of carbonyl (C=O) groups excluding carboxylic acids is 1. The molecule has 1 aromatic rings. The number of hydrogen-bond acceptors (Lipinski definition) is 3. The van der Waals surface area contributed by atoms with E-state index in [2.05, 4.69) is 9.72 Å². The van der Waals surface area contributed by atoms with Gasteiger partial charge < -0.3 is 4.74 Å². The highest BCUT2D eigenvalue weighted by molar-refractivity contribution is 5.73. The Kier molecular flexibility index (Phi) is 4.43. The highest BCUT2D eigenvalue weighted by Crippen LogP contribution is 2.39. The van der Waals surface area contributed by atoms with Gasteiger partial charge in [-0.1, -0.05) is 0 Å². The predicted octanol–water partition coefficient (Wildman–Crippen LogP) is 3.06. The van der Waals surface area contributed by atoms with Crippen molar-refractivity contribution in [3.63, 3.8) is 0 Å². The van der Waals surface area contributed by atoms with Crippen LogP contribution in [0.15, 0.2) is 6.20 Å². The molecule has 0 aliphatic heterocycles. The molecule has 0 saturated carbocycles. The fourth-order valence-corrected chi connectivity index (χ4v) is 1.64. The minimum absolute atomic E-state index is 0.486. The van der Waals surface area contributed by atoms with Gasteiger partial charge in [0.2, 0.25) is 0 Å². The molecule has 0 aliphatic carbocycles. The van der Waals surface area contributed by atoms with E-state index in [4.69, 9.17) is 0 Å². The molecule has 0 amide bonds. The number of methoxy groups -OCH3 is 1. The first-order valence-electron chi connectivity index (χ1n) is 5.09. The van der Waals surface area contributed by atoms with Crippen molar-refractivity contribution >= 4 is 5.97 Å². The molecule has 1 heterocycles. The standard InChI is InChI=1S/C11H10F5NO2/c1-5-9(11(14,15)16)8(10(12)13)6(4-17-5)3-7(18)19-2/h4,10H,3H2,1-2H3. The molecule has 0 atom stereocenters. The first-order chi connectivity index (χ1) is 8.68. The summed E-state index contributed by atoms with van der Waals surface area (Å²) in [7, 11) is 1.01. The van der Waals surface area contributed by atoms with Gasteiger partial charge in [0.25, 0.3) is 6.43 Å². The first-order valence-corrected chi connectivity index (χ1v) is 5.09. The molecule has 3 nitrogen and oxygen atoms in total. The quantitative estimate of drug-likeness (QED) is 0.632. The van der Waals surface area contributed by atoms with Crippen molar-refractivity contribution in [1.82, 2.24) is 4.98 Å². The molecule has 0 fully saturated rings. The number of esters is 1. The SMILES string of the molecule is COC(=O)Cc1cnc(C)c(C(F)(F)F)c1C(F)F. The van der Waals surface area contributed by atoms with Crippen LogP contribution in [0.3, 0.4) is 0 Å². The molecular weight excluding hydrogens is 273 g/mol. The third kappa shape index (κ3) is 3.39. The lowest BCUT2D eigenvalue weighted by atomic mass is 9.99. The van der Waals surface area contributed by atoms with Gasteiger partial charge in [-0.05, 0) is 12.5 Å². The van der Waals surface area contributed by atoms with E-state index < -0.39 is 47.4 Å². The summed E-state index contributed by atoms with van der Waals surface area (Å²) < 4.78 is 68.3. The van der Waals surface area contributed by atoms with Gasteiger partial charge in [0.15, 0.2) is 0 Å². The van der Waals surface area contributed by atoms with E-state index in [9.17, 15) is 26.7 Å². The van der Waals surface area contributed by atoms with Gasteiger partial charge in [-0.3, -0.25) is 9.78 Å². The number of carbonyl (C=O) groups is 1. The van der Waals surface area contributed by atoms with Gasteiger partial charge in [-0.25, -0.2) is 8.78 Å². The number of halogens is 5. The molecule has 8 heteroatoms. The summed E-state index contributed by atoms with van der Waals surface area (Å²) in [5, 5.41) is 0. The minimum atomic E-state index is -4.96. The van der Waals surface area contributed by atoms with E-state index in [0.29, 0.717) is 0 Å². The van der Waals surface area contributed by atoms with Crippen LogP contribution in [-0.4, -0.2) is 18.1 Å². The van der Waals surface area contributed by atoms with Gasteiger partial charge >= 0.3 is 12.1 Å². The number of alkyl halides is 5. The molecule has 1 rings (SSSR count). The summed E-state index contributed by atoms with van der Waals surface area (Å²) >= 11 is 0. The topological polar surface area (TPSA) is 39.2 Å². The molecule has 0 aliphatic rings. The van der Waals surface area contributed by atoms with Gasteiger partial charge in [0, 0.05) is 17.5 Å². The lowest BCUT2D eigenvalue weighted by Crippen LogP contribution is -2.17. The Hall–Kier alpha value is -1.73. The van der Waals surface area contributed by atoms with Crippen molar-refractivity contribution in [2.24, 2.45) is 0 Å². The number of rotatable bonds is 3. The van der Waals surface area contributed by atoms with E-state index in [1.165, 1.54) is 0 Å². The van der Waals surface area contributed by atoms with Crippen molar-refractivity contribution in [1.29, 1.82) is 0 Å². The number of pyridine rings is 1. The largest absolute Gasteiger partial charge is 0.469 e. The van der Waals surface area contributed by atoms with Crippen molar-refractivity contribution in [3.05, 3.63) is 28.6 Å². The van der Waals surface area contributed by atoms with Crippen molar-refractivity contribution in [2.75, 3.05) is 7.11 Å². The molecule has 0 aromatic carbocycles. The second kappa shape index (κ2) is 5.50. The maximum absolute atomic E-state index is 12.9. The zero-order chi connectivity index (χ0) is 14.8. The Morgan fingerprint density at radius 3 is 2.42 bits per heavy atom. The number of aromatic nitrogens is 1. The van der Waals surface area contributed by atoms with E-state index in [-0.39, 0.29) is 0 Å². The van der Waals surface area contributed by atoms with E-state index in [0.717, 1.165) is 20.2 Å². The van der Waals surface area contributed by atoms with Crippen LogP contribution in [0.5, 0.6) is 0 Å². The van der Waals surface area contributed by atoms with Crippen molar-refractivity contribution in [3.8, 4) is 0 Å². The first kappa shape index (κ1) is 15.3. The van der Waals surface area contributed by atoms with Crippen LogP contribution >= 0.6 is 0 Å². The Labute approximate surface area is 105 Å². The Balaban J connectivity index is 3.46. The summed E-state index contributed by atoms with van der Waals surface area (Å²) in [6.07, 6.45) is -8.18. The van der Waals surface area contributed by atoms with E-state index in [1.54, 1.807) is 0 Å². The second-order valence-corrected chi connectivity index (χ2v) is 3.71. The summed E-state index contributed by atoms with van der Waals surface area (Å²) in [6, 6.07) is 0. The fraction of sp³-hybridized carbons (Fsp3) is 0.455. The predicted molar refractivity (Wildman–Crippen MR) is 54.7 cm³/mol. The molecule has 1 aromatic heterocycles. The second-order valence-electron chi connectivity index (χ2n) is 3.71. The Bertz CT molecular complexity index is 485. The van der Waals surface area contributed by atoms with Crippen LogP contribution in [0.4, 0.5) is 22.0 Å². The Morgan fingerprint density at radius 1 is 1.42 bits per heavy atom. The highest BCUT2D eigenvalue weighted by Gasteiger charge is 2.39. The van der Waals surface area contributed by atoms with Gasteiger partial charge in [0.05, 0.1) is 19.1 Å². The number of ether oxygens (including phenoxy) is 1. The maximum atomic E-state index is 12.9. The summed E-state index contributed by atoms with van der Waals surface area (Å²) in [6.45, 7) is 0.983. The summed E-state index contributed by atoms with van der Waals surface area (Å²) in [5.74, 6) is -0.916. The molecule has 0 unspecified atom stereocenters. The number of nitrogens with zero attached hydrogens (tertiary/aromatic N) is 1. The lowest BCUT2D eigenvalue weighted by Gasteiger charge is -2.17. The molecule has 0 bridgehead atoms. The van der Waals surface area contributed by atoms with E-state index in [1.807, 2.05) is 0 Å². The van der Waals surface area contributed by atoms with Crippen LogP contribution < -0.4 is 0 Å². The van der Waals surface area contributed by atoms with Crippen molar-refractivity contribution in [2.45, 2.75) is 25.9 Å². The fourth-order valence-electron chi connectivity index (χ4n) is 1.64. The van der Waals surface area contributed by atoms with Gasteiger partial charge in [0.1, 0.15) is 0 Å². The van der Waals surface area contributed by atoms with Crippen LogP contribution in [0.25, 0.3) is 0 Å². The zero-order valence-electron chi connectivity index (χ0n) is 10.0. The molecule has 0 spiro atoms. The molecule has 19 heavy (non-hydrogen) atoms. The molecule has 0 radical (unpaired) electrons. The highest BCUT2D eigenvalue weighted by atomic mass is 19.4. The monoisotopic (exact) mass is 283 g/mol. The Morgan fingerprint density at radius 2 is 2.00 bits per heavy atom. The van der Waals surface area contributed by atoms with Crippen LogP contribution in [0.2, 0.25) is 0 Å². The van der Waals surface area contributed by atoms with Crippen LogP contribution in [-0.2, 0) is 22.1 Å². The molecule has 0 N–H and O–H groups in total. The number of hydrogen-bond donors (Lipinski definition) is 0. The van der Waals surface area contributed by atoms with Gasteiger partial charge in [-0.15, -0.1) is 0 Å². The zero-order valence-corrected chi connectivity index (χ0v) is 10.0. The summed E-state index contributed by atoms with van der Waals surface area (Å²) in [5.41, 5.74) is -3.76. The molecule has 106 valence electrons. The maximum Gasteiger partial charge on any atom is 0.418 e. The van der Waals surface area contributed by atoms with Gasteiger partial charge in [-0.2, -0.15) is 13.2 Å². The third-order valence-electron chi connectivity index (χ3n) is 2.46. The molecular formula is C11H10F5NO2. The third-order valence-corrected chi connectivity index (χ3v) is 2.46. The van der Waals surface area contributed by atoms with Crippen molar-refractivity contribution < 1.29 is 31.5 Å². The average Bonchev–Trinajstić information content (AvgIpc) is 2.28. The van der Waals surface area contributed by atoms with Crippen LogP contribution in [0, 0.1) is 6.92 Å². The summed E-state index contributed by atoms with van der Waals surface area (Å²) in [4.78, 5) is 14.4. The number of aryl methyl sites for hydroxylation is 1. The lowest BCUT2D eigenvalue weighted by molar-refractivity contribution is -0.142. The smallest absolute Gasteiger partial charge is 0.418 e. The van der Waals surface area contributed by atoms with E-state index >= 15 is 0 Å². The average molecular weight is 283 g/mol. The van der Waals surface area contributed by atoms with Crippen LogP contribution in [0.1, 0.15) is 28.8 Å². The molecule has 0 saturated heterocycles.